The summed E-state index contributed by atoms with van der Waals surface area (Å²) in [5.41, 5.74) is 1.73. The number of rotatable bonds is 3. The Morgan fingerprint density at radius 2 is 1.86 bits per heavy atom. The van der Waals surface area contributed by atoms with Crippen molar-refractivity contribution in [2.75, 3.05) is 18.0 Å². The molecular formula is C21H24N6O2. The van der Waals surface area contributed by atoms with E-state index in [1.807, 2.05) is 26.2 Å². The van der Waals surface area contributed by atoms with Crippen LogP contribution in [0, 0.1) is 0 Å². The van der Waals surface area contributed by atoms with E-state index in [1.54, 1.807) is 22.5 Å². The van der Waals surface area contributed by atoms with Gasteiger partial charge >= 0.3 is 0 Å². The number of fused-ring (bicyclic) bond motifs is 2. The van der Waals surface area contributed by atoms with E-state index in [0.29, 0.717) is 17.0 Å². The molecule has 0 radical (unpaired) electrons. The molecule has 0 N–H and O–H groups in total. The number of benzene rings is 1. The lowest BCUT2D eigenvalue weighted by Gasteiger charge is -2.33. The molecule has 0 atom stereocenters. The molecule has 0 amide bonds. The van der Waals surface area contributed by atoms with Crippen LogP contribution in [0.2, 0.25) is 0 Å². The molecule has 1 aromatic carbocycles. The molecule has 4 heterocycles. The number of anilines is 1. The van der Waals surface area contributed by atoms with Crippen molar-refractivity contribution in [2.24, 2.45) is 21.1 Å². The minimum absolute atomic E-state index is 0.0628. The third kappa shape index (κ3) is 2.86. The Bertz CT molecular complexity index is 1260. The fourth-order valence-corrected chi connectivity index (χ4v) is 4.17. The van der Waals surface area contributed by atoms with Gasteiger partial charge in [0, 0.05) is 58.7 Å². The number of nitrogens with zero attached hydrogens (tertiary/aromatic N) is 6. The van der Waals surface area contributed by atoms with Crippen LogP contribution in [0.3, 0.4) is 0 Å². The lowest BCUT2D eigenvalue weighted by atomic mass is 10.1. The Hall–Kier alpha value is -3.29. The average Bonchev–Trinajstić information content (AvgIpc) is 3.29. The minimum atomic E-state index is -0.0628. The highest BCUT2D eigenvalue weighted by Crippen LogP contribution is 2.29. The van der Waals surface area contributed by atoms with Crippen molar-refractivity contribution in [1.82, 2.24) is 23.9 Å². The lowest BCUT2D eigenvalue weighted by molar-refractivity contribution is 0.172. The number of hydrogen-bond acceptors (Lipinski definition) is 5. The molecule has 150 valence electrons. The van der Waals surface area contributed by atoms with Crippen LogP contribution < -0.4 is 15.2 Å². The van der Waals surface area contributed by atoms with Crippen molar-refractivity contribution in [1.29, 1.82) is 0 Å². The van der Waals surface area contributed by atoms with Crippen molar-refractivity contribution in [3.8, 4) is 5.75 Å². The fraction of sp³-hybridized carbons (Fsp3) is 0.381. The molecule has 8 heteroatoms. The van der Waals surface area contributed by atoms with Crippen LogP contribution in [-0.4, -0.2) is 43.1 Å². The average molecular weight is 392 g/mol. The van der Waals surface area contributed by atoms with E-state index < -0.39 is 0 Å². The molecule has 29 heavy (non-hydrogen) atoms. The zero-order valence-electron chi connectivity index (χ0n) is 16.9. The third-order valence-corrected chi connectivity index (χ3v) is 5.85. The van der Waals surface area contributed by atoms with Gasteiger partial charge in [-0.15, -0.1) is 0 Å². The van der Waals surface area contributed by atoms with E-state index in [4.69, 9.17) is 9.72 Å². The highest BCUT2D eigenvalue weighted by atomic mass is 16.5. The van der Waals surface area contributed by atoms with Gasteiger partial charge in [0.25, 0.3) is 5.56 Å². The van der Waals surface area contributed by atoms with E-state index >= 15 is 0 Å². The largest absolute Gasteiger partial charge is 0.490 e. The van der Waals surface area contributed by atoms with Gasteiger partial charge in [0.15, 0.2) is 5.65 Å². The first kappa shape index (κ1) is 17.8. The summed E-state index contributed by atoms with van der Waals surface area (Å²) in [6, 6.07) is 8.28. The maximum Gasteiger partial charge on any atom is 0.265 e. The van der Waals surface area contributed by atoms with Crippen LogP contribution in [0.5, 0.6) is 5.75 Å². The summed E-state index contributed by atoms with van der Waals surface area (Å²) in [5, 5.41) is 5.86. The molecule has 1 aliphatic rings. The van der Waals surface area contributed by atoms with Gasteiger partial charge in [-0.25, -0.2) is 0 Å². The minimum Gasteiger partial charge on any atom is -0.490 e. The fourth-order valence-electron chi connectivity index (χ4n) is 4.17. The van der Waals surface area contributed by atoms with E-state index in [1.165, 1.54) is 5.52 Å². The highest BCUT2D eigenvalue weighted by molar-refractivity contribution is 5.86. The van der Waals surface area contributed by atoms with Crippen molar-refractivity contribution in [3.05, 3.63) is 47.0 Å². The zero-order chi connectivity index (χ0) is 20.1. The Morgan fingerprint density at radius 3 is 2.66 bits per heavy atom. The van der Waals surface area contributed by atoms with Gasteiger partial charge in [0.2, 0.25) is 5.95 Å². The molecule has 0 aliphatic carbocycles. The molecule has 4 aromatic rings. The number of piperidine rings is 1. The Kier molecular flexibility index (Phi) is 4.08. The van der Waals surface area contributed by atoms with Gasteiger partial charge in [0.1, 0.15) is 17.2 Å². The van der Waals surface area contributed by atoms with Gasteiger partial charge < -0.3 is 14.2 Å². The summed E-state index contributed by atoms with van der Waals surface area (Å²) in [7, 11) is 5.62. The van der Waals surface area contributed by atoms with Crippen LogP contribution in [-0.2, 0) is 21.1 Å². The molecule has 1 aliphatic heterocycles. The summed E-state index contributed by atoms with van der Waals surface area (Å²) in [4.78, 5) is 19.5. The van der Waals surface area contributed by atoms with Gasteiger partial charge in [-0.1, -0.05) is 6.07 Å². The normalized spacial score (nSPS) is 15.5. The number of ether oxygens (including phenoxy) is 1. The molecule has 3 aromatic heterocycles. The van der Waals surface area contributed by atoms with Crippen LogP contribution in [0.1, 0.15) is 12.8 Å². The summed E-state index contributed by atoms with van der Waals surface area (Å²) >= 11 is 0. The van der Waals surface area contributed by atoms with Crippen molar-refractivity contribution >= 4 is 27.9 Å². The molecule has 0 unspecified atom stereocenters. The molecule has 0 bridgehead atoms. The molecule has 0 saturated carbocycles. The predicted octanol–water partition coefficient (Wildman–Crippen LogP) is 2.21. The van der Waals surface area contributed by atoms with Crippen molar-refractivity contribution in [3.63, 3.8) is 0 Å². The van der Waals surface area contributed by atoms with Crippen molar-refractivity contribution in [2.45, 2.75) is 18.9 Å². The number of aryl methyl sites for hydroxylation is 2. The van der Waals surface area contributed by atoms with Crippen molar-refractivity contribution < 1.29 is 4.74 Å². The van der Waals surface area contributed by atoms with E-state index in [0.717, 1.165) is 37.1 Å². The van der Waals surface area contributed by atoms with Crippen LogP contribution in [0.25, 0.3) is 21.9 Å². The molecule has 8 nitrogen and oxygen atoms in total. The third-order valence-electron chi connectivity index (χ3n) is 5.85. The van der Waals surface area contributed by atoms with Crippen LogP contribution in [0.15, 0.2) is 41.5 Å². The highest BCUT2D eigenvalue weighted by Gasteiger charge is 2.25. The van der Waals surface area contributed by atoms with Crippen LogP contribution in [0.4, 0.5) is 5.95 Å². The summed E-state index contributed by atoms with van der Waals surface area (Å²) in [6.07, 6.45) is 5.54. The monoisotopic (exact) mass is 392 g/mol. The van der Waals surface area contributed by atoms with E-state index in [-0.39, 0.29) is 11.7 Å². The summed E-state index contributed by atoms with van der Waals surface area (Å²) in [5.74, 6) is 1.62. The van der Waals surface area contributed by atoms with Crippen LogP contribution >= 0.6 is 0 Å². The second kappa shape index (κ2) is 6.65. The quantitative estimate of drug-likeness (QED) is 0.535. The van der Waals surface area contributed by atoms with Gasteiger partial charge in [-0.05, 0) is 18.2 Å². The molecule has 0 spiro atoms. The summed E-state index contributed by atoms with van der Waals surface area (Å²) in [6.45, 7) is 1.58. The Balaban J connectivity index is 1.35. The smallest absolute Gasteiger partial charge is 0.265 e. The van der Waals surface area contributed by atoms with Gasteiger partial charge in [-0.2, -0.15) is 10.1 Å². The summed E-state index contributed by atoms with van der Waals surface area (Å²) < 4.78 is 11.7. The van der Waals surface area contributed by atoms with E-state index in [9.17, 15) is 4.79 Å². The molecule has 1 saturated heterocycles. The SMILES string of the molecule is Cn1c(N2CCC(Oc3cccc4c3ccn4C)CC2)nc2c(cnn2C)c1=O. The van der Waals surface area contributed by atoms with Gasteiger partial charge in [-0.3, -0.25) is 14.0 Å². The standard InChI is InChI=1S/C21H24N6O2/c1-24-10-9-15-17(24)5-4-6-18(15)29-14-7-11-27(12-8-14)21-23-19-16(13-22-26(19)3)20(28)25(21)2/h4-6,9-10,13-14H,7-8,11-12H2,1-3H3. The first-order valence-electron chi connectivity index (χ1n) is 9.87. The second-order valence-corrected chi connectivity index (χ2v) is 7.70. The number of hydrogen-bond donors (Lipinski definition) is 0. The molecule has 5 rings (SSSR count). The van der Waals surface area contributed by atoms with Gasteiger partial charge in [0.05, 0.1) is 11.7 Å². The second-order valence-electron chi connectivity index (χ2n) is 7.70. The topological polar surface area (TPSA) is 70.1 Å². The zero-order valence-corrected chi connectivity index (χ0v) is 16.9. The maximum atomic E-state index is 12.7. The maximum absolute atomic E-state index is 12.7. The Morgan fingerprint density at radius 1 is 1.07 bits per heavy atom. The molecule has 1 fully saturated rings. The predicted molar refractivity (Wildman–Crippen MR) is 113 cm³/mol. The first-order chi connectivity index (χ1) is 14.0. The molecular weight excluding hydrogens is 368 g/mol. The number of aromatic nitrogens is 5. The first-order valence-corrected chi connectivity index (χ1v) is 9.87. The van der Waals surface area contributed by atoms with E-state index in [2.05, 4.69) is 32.9 Å². The lowest BCUT2D eigenvalue weighted by Crippen LogP contribution is -2.41. The Labute approximate surface area is 167 Å².